The van der Waals surface area contributed by atoms with Crippen molar-refractivity contribution < 1.29 is 14.4 Å². The van der Waals surface area contributed by atoms with Crippen LogP contribution in [0.15, 0.2) is 84.0 Å². The van der Waals surface area contributed by atoms with E-state index in [0.717, 1.165) is 38.5 Å². The zero-order chi connectivity index (χ0) is 22.5. The van der Waals surface area contributed by atoms with E-state index in [9.17, 15) is 14.4 Å². The summed E-state index contributed by atoms with van der Waals surface area (Å²) in [5.41, 5.74) is 5.33. The van der Waals surface area contributed by atoms with E-state index in [1.165, 1.54) is 22.3 Å². The van der Waals surface area contributed by atoms with Crippen LogP contribution < -0.4 is 0 Å². The first-order valence-electron chi connectivity index (χ1n) is 11.3. The van der Waals surface area contributed by atoms with Crippen LogP contribution in [-0.2, 0) is 11.0 Å². The SMILES string of the molecule is CC(C)=CCC/C(=C\CC(CCc1ccccc1)c1ccccc1)CCCP(=O)(O)O. The van der Waals surface area contributed by atoms with E-state index in [-0.39, 0.29) is 6.16 Å². The molecule has 3 nitrogen and oxygen atoms in total. The van der Waals surface area contributed by atoms with Gasteiger partial charge in [0.25, 0.3) is 0 Å². The van der Waals surface area contributed by atoms with Crippen LogP contribution >= 0.6 is 7.60 Å². The maximum atomic E-state index is 11.3. The van der Waals surface area contributed by atoms with Crippen LogP contribution in [-0.4, -0.2) is 15.9 Å². The molecular weight excluding hydrogens is 403 g/mol. The molecule has 2 rings (SSSR count). The van der Waals surface area contributed by atoms with Crippen LogP contribution in [0.3, 0.4) is 0 Å². The topological polar surface area (TPSA) is 57.5 Å². The van der Waals surface area contributed by atoms with Crippen LogP contribution in [0, 0.1) is 0 Å². The van der Waals surface area contributed by atoms with Crippen molar-refractivity contribution in [2.24, 2.45) is 0 Å². The molecule has 1 atom stereocenters. The summed E-state index contributed by atoms with van der Waals surface area (Å²) < 4.78 is 11.3. The zero-order valence-electron chi connectivity index (χ0n) is 18.9. The summed E-state index contributed by atoms with van der Waals surface area (Å²) in [5, 5.41) is 0. The molecule has 0 heterocycles. The number of aryl methyl sites for hydroxylation is 1. The van der Waals surface area contributed by atoms with E-state index in [0.29, 0.717) is 12.3 Å². The number of rotatable bonds is 13. The first-order chi connectivity index (χ1) is 14.8. The third-order valence-electron chi connectivity index (χ3n) is 5.55. The van der Waals surface area contributed by atoms with Crippen molar-refractivity contribution in [3.63, 3.8) is 0 Å². The fraction of sp³-hybridized carbons (Fsp3) is 0.407. The van der Waals surface area contributed by atoms with Crippen LogP contribution in [0.25, 0.3) is 0 Å². The fourth-order valence-corrected chi connectivity index (χ4v) is 4.40. The highest BCUT2D eigenvalue weighted by Gasteiger charge is 2.14. The van der Waals surface area contributed by atoms with Gasteiger partial charge in [0.15, 0.2) is 0 Å². The molecule has 0 fully saturated rings. The van der Waals surface area contributed by atoms with Crippen LogP contribution in [0.5, 0.6) is 0 Å². The van der Waals surface area contributed by atoms with Gasteiger partial charge >= 0.3 is 7.60 Å². The third-order valence-corrected chi connectivity index (χ3v) is 6.45. The maximum Gasteiger partial charge on any atom is 0.325 e. The molecule has 31 heavy (non-hydrogen) atoms. The van der Waals surface area contributed by atoms with E-state index in [4.69, 9.17) is 0 Å². The Bertz CT molecular complexity index is 862. The van der Waals surface area contributed by atoms with E-state index in [2.05, 4.69) is 86.7 Å². The normalized spacial score (nSPS) is 13.1. The van der Waals surface area contributed by atoms with E-state index in [1.807, 2.05) is 0 Å². The van der Waals surface area contributed by atoms with Gasteiger partial charge in [-0.25, -0.2) is 0 Å². The molecule has 0 saturated heterocycles. The van der Waals surface area contributed by atoms with Crippen LogP contribution in [0.4, 0.5) is 0 Å². The maximum absolute atomic E-state index is 11.3. The number of hydrogen-bond acceptors (Lipinski definition) is 1. The second-order valence-corrected chi connectivity index (χ2v) is 10.3. The molecule has 168 valence electrons. The van der Waals surface area contributed by atoms with Crippen molar-refractivity contribution in [3.05, 3.63) is 95.1 Å². The van der Waals surface area contributed by atoms with Crippen molar-refractivity contribution in [2.75, 3.05) is 6.16 Å². The summed E-state index contributed by atoms with van der Waals surface area (Å²) in [6.45, 7) is 4.21. The lowest BCUT2D eigenvalue weighted by Gasteiger charge is -2.17. The van der Waals surface area contributed by atoms with Gasteiger partial charge in [0, 0.05) is 0 Å². The van der Waals surface area contributed by atoms with Gasteiger partial charge in [-0.3, -0.25) is 4.57 Å². The lowest BCUT2D eigenvalue weighted by atomic mass is 9.88. The minimum atomic E-state index is -3.93. The van der Waals surface area contributed by atoms with Gasteiger partial charge in [0.1, 0.15) is 0 Å². The van der Waals surface area contributed by atoms with E-state index >= 15 is 0 Å². The fourth-order valence-electron chi connectivity index (χ4n) is 3.83. The largest absolute Gasteiger partial charge is 0.325 e. The predicted octanol–water partition coefficient (Wildman–Crippen LogP) is 7.42. The van der Waals surface area contributed by atoms with Crippen molar-refractivity contribution >= 4 is 7.60 Å². The highest BCUT2D eigenvalue weighted by Crippen LogP contribution is 2.36. The van der Waals surface area contributed by atoms with Crippen LogP contribution in [0.1, 0.15) is 69.4 Å². The molecule has 0 radical (unpaired) electrons. The second-order valence-electron chi connectivity index (χ2n) is 8.54. The highest BCUT2D eigenvalue weighted by molar-refractivity contribution is 7.51. The van der Waals surface area contributed by atoms with Crippen molar-refractivity contribution in [3.8, 4) is 0 Å². The standard InChI is InChI=1S/C27H37O3P/c1-23(2)11-9-14-25(15-10-22-31(28,29)30)19-21-27(26-16-7-4-8-17-26)20-18-24-12-5-3-6-13-24/h3-8,11-13,16-17,19,27H,9-10,14-15,18,20-22H2,1-2H3,(H2,28,29,30)/b25-19+. The molecule has 0 spiro atoms. The molecule has 2 aromatic rings. The number of allylic oxidation sites excluding steroid dienone is 4. The Morgan fingerprint density at radius 2 is 1.58 bits per heavy atom. The summed E-state index contributed by atoms with van der Waals surface area (Å²) in [7, 11) is -3.93. The molecule has 1 unspecified atom stereocenters. The molecule has 2 aromatic carbocycles. The lowest BCUT2D eigenvalue weighted by molar-refractivity contribution is 0.371. The van der Waals surface area contributed by atoms with Crippen LogP contribution in [0.2, 0.25) is 0 Å². The summed E-state index contributed by atoms with van der Waals surface area (Å²) >= 11 is 0. The molecule has 2 N–H and O–H groups in total. The molecule has 0 aliphatic rings. The van der Waals surface area contributed by atoms with Gasteiger partial charge in [-0.1, -0.05) is 84.0 Å². The second kappa shape index (κ2) is 13.5. The van der Waals surface area contributed by atoms with Gasteiger partial charge in [0.2, 0.25) is 0 Å². The smallest absolute Gasteiger partial charge is 0.324 e. The minimum absolute atomic E-state index is 0.0386. The van der Waals surface area contributed by atoms with Crippen molar-refractivity contribution in [2.45, 2.75) is 64.7 Å². The minimum Gasteiger partial charge on any atom is -0.324 e. The summed E-state index contributed by atoms with van der Waals surface area (Å²) in [6, 6.07) is 21.3. The zero-order valence-corrected chi connectivity index (χ0v) is 19.8. The molecule has 4 heteroatoms. The predicted molar refractivity (Wildman–Crippen MR) is 131 cm³/mol. The van der Waals surface area contributed by atoms with Crippen molar-refractivity contribution in [1.29, 1.82) is 0 Å². The van der Waals surface area contributed by atoms with Gasteiger partial charge in [0.05, 0.1) is 6.16 Å². The quantitative estimate of drug-likeness (QED) is 0.252. The average molecular weight is 441 g/mol. The Kier molecular flexibility index (Phi) is 11.0. The number of hydrogen-bond donors (Lipinski definition) is 2. The highest BCUT2D eigenvalue weighted by atomic mass is 31.2. The average Bonchev–Trinajstić information content (AvgIpc) is 2.73. The van der Waals surface area contributed by atoms with E-state index < -0.39 is 7.60 Å². The lowest BCUT2D eigenvalue weighted by Crippen LogP contribution is -2.01. The summed E-state index contributed by atoms with van der Waals surface area (Å²) in [6.07, 6.45) is 10.8. The third kappa shape index (κ3) is 11.3. The Morgan fingerprint density at radius 1 is 0.935 bits per heavy atom. The van der Waals surface area contributed by atoms with E-state index in [1.54, 1.807) is 0 Å². The van der Waals surface area contributed by atoms with Gasteiger partial charge in [-0.2, -0.15) is 0 Å². The Labute approximate surface area is 188 Å². The monoisotopic (exact) mass is 440 g/mol. The molecule has 0 bridgehead atoms. The summed E-state index contributed by atoms with van der Waals surface area (Å²) in [5.74, 6) is 0.432. The Morgan fingerprint density at radius 3 is 2.19 bits per heavy atom. The number of benzene rings is 2. The first-order valence-corrected chi connectivity index (χ1v) is 13.1. The van der Waals surface area contributed by atoms with Gasteiger partial charge in [-0.05, 0) is 75.8 Å². The first kappa shape index (κ1) is 25.3. The Balaban J connectivity index is 2.09. The van der Waals surface area contributed by atoms with Gasteiger partial charge in [-0.15, -0.1) is 0 Å². The van der Waals surface area contributed by atoms with Crippen molar-refractivity contribution in [1.82, 2.24) is 0 Å². The molecule has 0 aliphatic carbocycles. The molecule has 0 aromatic heterocycles. The molecule has 0 amide bonds. The molecule has 0 aliphatic heterocycles. The van der Waals surface area contributed by atoms with Gasteiger partial charge < -0.3 is 9.79 Å². The molecular formula is C27H37O3P. The summed E-state index contributed by atoms with van der Waals surface area (Å²) in [4.78, 5) is 18.4. The Hall–Kier alpha value is -1.93. The molecule has 0 saturated carbocycles.